The fourth-order valence-corrected chi connectivity index (χ4v) is 4.86. The molecule has 1 N–H and O–H groups in total. The molecule has 1 aliphatic heterocycles. The van der Waals surface area contributed by atoms with Gasteiger partial charge in [-0.3, -0.25) is 4.79 Å². The van der Waals surface area contributed by atoms with E-state index in [1.807, 2.05) is 41.4 Å². The van der Waals surface area contributed by atoms with E-state index in [2.05, 4.69) is 9.97 Å². The number of thiazole rings is 1. The lowest BCUT2D eigenvalue weighted by Gasteiger charge is -2.26. The molecule has 3 heterocycles. The molecule has 0 unspecified atom stereocenters. The van der Waals surface area contributed by atoms with Crippen molar-refractivity contribution < 1.29 is 9.18 Å². The number of para-hydroxylation sites is 1. The van der Waals surface area contributed by atoms with Crippen LogP contribution in [-0.2, 0) is 24.2 Å². The van der Waals surface area contributed by atoms with Gasteiger partial charge in [-0.1, -0.05) is 30.3 Å². The highest BCUT2D eigenvalue weighted by Gasteiger charge is 2.25. The molecule has 0 fully saturated rings. The number of aromatic amines is 1. The second kappa shape index (κ2) is 6.87. The fourth-order valence-electron chi connectivity index (χ4n) is 3.71. The van der Waals surface area contributed by atoms with Crippen LogP contribution in [0.25, 0.3) is 21.5 Å². The number of nitrogens with one attached hydrogen (secondary N) is 1. The summed E-state index contributed by atoms with van der Waals surface area (Å²) in [5.41, 5.74) is 3.57. The van der Waals surface area contributed by atoms with E-state index in [0.29, 0.717) is 36.5 Å². The van der Waals surface area contributed by atoms with Crippen LogP contribution in [0.3, 0.4) is 0 Å². The van der Waals surface area contributed by atoms with Crippen molar-refractivity contribution in [2.75, 3.05) is 6.54 Å². The molecule has 5 rings (SSSR count). The average Bonchev–Trinajstić information content (AvgIpc) is 3.32. The molecule has 140 valence electrons. The van der Waals surface area contributed by atoms with Crippen LogP contribution in [0, 0.1) is 5.82 Å². The quantitative estimate of drug-likeness (QED) is 0.557. The Hall–Kier alpha value is -2.99. The summed E-state index contributed by atoms with van der Waals surface area (Å²) in [5.74, 6) is -0.155. The van der Waals surface area contributed by atoms with Gasteiger partial charge in [0.25, 0.3) is 0 Å². The maximum absolute atomic E-state index is 14.1. The standard InChI is InChI=1S/C22H18FN3OS/c23-17-7-3-1-6-16(17)22-25-19-9-10-26(13-20(19)28-22)21(27)11-14-12-24-18-8-4-2-5-15(14)18/h1-8,12,24H,9-11,13H2. The van der Waals surface area contributed by atoms with Crippen molar-refractivity contribution in [1.82, 2.24) is 14.9 Å². The van der Waals surface area contributed by atoms with Gasteiger partial charge in [0, 0.05) is 40.5 Å². The predicted octanol–water partition coefficient (Wildman–Crippen LogP) is 4.56. The summed E-state index contributed by atoms with van der Waals surface area (Å²) in [6.07, 6.45) is 3.00. The molecule has 6 heteroatoms. The van der Waals surface area contributed by atoms with Crippen LogP contribution >= 0.6 is 11.3 Å². The number of hydrogen-bond acceptors (Lipinski definition) is 3. The third-order valence-electron chi connectivity index (χ3n) is 5.20. The van der Waals surface area contributed by atoms with Crippen LogP contribution in [0.15, 0.2) is 54.7 Å². The van der Waals surface area contributed by atoms with Crippen LogP contribution in [0.5, 0.6) is 0 Å². The van der Waals surface area contributed by atoms with E-state index in [4.69, 9.17) is 0 Å². The van der Waals surface area contributed by atoms with E-state index >= 15 is 0 Å². The van der Waals surface area contributed by atoms with Gasteiger partial charge >= 0.3 is 0 Å². The number of carbonyl (C=O) groups is 1. The monoisotopic (exact) mass is 391 g/mol. The zero-order valence-corrected chi connectivity index (χ0v) is 15.9. The number of fused-ring (bicyclic) bond motifs is 2. The highest BCUT2D eigenvalue weighted by molar-refractivity contribution is 7.15. The van der Waals surface area contributed by atoms with Gasteiger partial charge in [-0.15, -0.1) is 11.3 Å². The molecule has 4 aromatic rings. The van der Waals surface area contributed by atoms with Gasteiger partial charge in [0.05, 0.1) is 18.7 Å². The van der Waals surface area contributed by atoms with Crippen molar-refractivity contribution in [2.24, 2.45) is 0 Å². The minimum Gasteiger partial charge on any atom is -0.361 e. The Morgan fingerprint density at radius 2 is 2.00 bits per heavy atom. The number of rotatable bonds is 3. The molecule has 2 aromatic carbocycles. The molecule has 28 heavy (non-hydrogen) atoms. The van der Waals surface area contributed by atoms with Crippen molar-refractivity contribution in [3.63, 3.8) is 0 Å². The van der Waals surface area contributed by atoms with Crippen molar-refractivity contribution in [2.45, 2.75) is 19.4 Å². The number of halogens is 1. The lowest BCUT2D eigenvalue weighted by molar-refractivity contribution is -0.131. The Morgan fingerprint density at radius 3 is 2.89 bits per heavy atom. The van der Waals surface area contributed by atoms with E-state index in [0.717, 1.165) is 27.0 Å². The van der Waals surface area contributed by atoms with Gasteiger partial charge in [0.15, 0.2) is 0 Å². The van der Waals surface area contributed by atoms with E-state index < -0.39 is 0 Å². The largest absolute Gasteiger partial charge is 0.361 e. The zero-order chi connectivity index (χ0) is 19.1. The average molecular weight is 391 g/mol. The number of H-pyrrole nitrogens is 1. The lowest BCUT2D eigenvalue weighted by Crippen LogP contribution is -2.36. The Bertz CT molecular complexity index is 1180. The molecule has 0 radical (unpaired) electrons. The minimum atomic E-state index is -0.263. The van der Waals surface area contributed by atoms with E-state index in [-0.39, 0.29) is 11.7 Å². The molecule has 0 aliphatic carbocycles. The third-order valence-corrected chi connectivity index (χ3v) is 6.32. The third kappa shape index (κ3) is 2.99. The molecule has 4 nitrogen and oxygen atoms in total. The van der Waals surface area contributed by atoms with Crippen molar-refractivity contribution in [1.29, 1.82) is 0 Å². The van der Waals surface area contributed by atoms with Gasteiger partial charge in [0.2, 0.25) is 5.91 Å². The fraction of sp³-hybridized carbons (Fsp3) is 0.182. The molecular weight excluding hydrogens is 373 g/mol. The second-order valence-corrected chi connectivity index (χ2v) is 8.05. The van der Waals surface area contributed by atoms with Gasteiger partial charge in [0.1, 0.15) is 10.8 Å². The summed E-state index contributed by atoms with van der Waals surface area (Å²) in [5, 5.41) is 1.78. The first kappa shape index (κ1) is 17.1. The van der Waals surface area contributed by atoms with Crippen LogP contribution in [0.2, 0.25) is 0 Å². The molecule has 1 amide bonds. The Morgan fingerprint density at radius 1 is 1.18 bits per heavy atom. The lowest BCUT2D eigenvalue weighted by atomic mass is 10.1. The number of nitrogens with zero attached hydrogens (tertiary/aromatic N) is 2. The molecule has 0 saturated heterocycles. The van der Waals surface area contributed by atoms with Gasteiger partial charge in [-0.2, -0.15) is 0 Å². The molecular formula is C22H18FN3OS. The maximum atomic E-state index is 14.1. The van der Waals surface area contributed by atoms with Crippen molar-refractivity contribution >= 4 is 28.1 Å². The first-order valence-electron chi connectivity index (χ1n) is 9.25. The van der Waals surface area contributed by atoms with Crippen molar-refractivity contribution in [3.8, 4) is 10.6 Å². The van der Waals surface area contributed by atoms with E-state index in [9.17, 15) is 9.18 Å². The second-order valence-electron chi connectivity index (χ2n) is 6.97. The Kier molecular flexibility index (Phi) is 4.20. The SMILES string of the molecule is O=C(Cc1c[nH]c2ccccc12)N1CCc2nc(-c3ccccc3F)sc2C1. The van der Waals surface area contributed by atoms with Gasteiger partial charge < -0.3 is 9.88 Å². The number of amides is 1. The number of aromatic nitrogens is 2. The smallest absolute Gasteiger partial charge is 0.227 e. The van der Waals surface area contributed by atoms with Crippen LogP contribution in [0.1, 0.15) is 16.1 Å². The van der Waals surface area contributed by atoms with Crippen LogP contribution < -0.4 is 0 Å². The first-order valence-corrected chi connectivity index (χ1v) is 10.1. The highest BCUT2D eigenvalue weighted by Crippen LogP contribution is 2.33. The van der Waals surface area contributed by atoms with Crippen LogP contribution in [-0.4, -0.2) is 27.3 Å². The molecule has 2 aromatic heterocycles. The normalized spacial score (nSPS) is 13.7. The Balaban J connectivity index is 1.35. The summed E-state index contributed by atoms with van der Waals surface area (Å²) in [4.78, 5) is 23.7. The number of carbonyl (C=O) groups excluding carboxylic acids is 1. The van der Waals surface area contributed by atoms with Crippen molar-refractivity contribution in [3.05, 3.63) is 76.7 Å². The summed E-state index contributed by atoms with van der Waals surface area (Å²) < 4.78 is 14.1. The predicted molar refractivity (Wildman–Crippen MR) is 109 cm³/mol. The first-order chi connectivity index (χ1) is 13.7. The highest BCUT2D eigenvalue weighted by atomic mass is 32.1. The maximum Gasteiger partial charge on any atom is 0.227 e. The molecule has 0 saturated carbocycles. The topological polar surface area (TPSA) is 49.0 Å². The summed E-state index contributed by atoms with van der Waals surface area (Å²) >= 11 is 1.48. The summed E-state index contributed by atoms with van der Waals surface area (Å²) in [6.45, 7) is 1.19. The van der Waals surface area contributed by atoms with Gasteiger partial charge in [-0.05, 0) is 23.8 Å². The zero-order valence-electron chi connectivity index (χ0n) is 15.1. The minimum absolute atomic E-state index is 0.108. The van der Waals surface area contributed by atoms with E-state index in [1.165, 1.54) is 17.4 Å². The van der Waals surface area contributed by atoms with E-state index in [1.54, 1.807) is 12.1 Å². The molecule has 0 spiro atoms. The van der Waals surface area contributed by atoms with Gasteiger partial charge in [-0.25, -0.2) is 9.37 Å². The summed E-state index contributed by atoms with van der Waals surface area (Å²) in [7, 11) is 0. The summed E-state index contributed by atoms with van der Waals surface area (Å²) in [6, 6.07) is 14.7. The number of benzene rings is 2. The van der Waals surface area contributed by atoms with Crippen LogP contribution in [0.4, 0.5) is 4.39 Å². The Labute approximate surface area is 165 Å². The molecule has 0 bridgehead atoms. The molecule has 1 aliphatic rings. The molecule has 0 atom stereocenters. The number of hydrogen-bond donors (Lipinski definition) is 1.